The van der Waals surface area contributed by atoms with Gasteiger partial charge in [-0.05, 0) is 51.4 Å². The van der Waals surface area contributed by atoms with Crippen LogP contribution in [-0.4, -0.2) is 34.9 Å². The van der Waals surface area contributed by atoms with Gasteiger partial charge in [0.15, 0.2) is 0 Å². The van der Waals surface area contributed by atoms with Gasteiger partial charge in [0.2, 0.25) is 5.91 Å². The molecule has 0 fully saturated rings. The summed E-state index contributed by atoms with van der Waals surface area (Å²) in [5, 5.41) is 23.2. The molecule has 0 saturated carbocycles. The molecule has 1 amide bonds. The highest BCUT2D eigenvalue weighted by molar-refractivity contribution is 5.76. The van der Waals surface area contributed by atoms with E-state index >= 15 is 0 Å². The molecule has 0 aromatic heterocycles. The van der Waals surface area contributed by atoms with Crippen LogP contribution in [0.5, 0.6) is 0 Å². The molecule has 0 spiro atoms. The van der Waals surface area contributed by atoms with Gasteiger partial charge < -0.3 is 15.5 Å². The zero-order valence-corrected chi connectivity index (χ0v) is 45.7. The second kappa shape index (κ2) is 58.9. The summed E-state index contributed by atoms with van der Waals surface area (Å²) in [6.07, 6.45) is 80.4. The average molecular weight is 941 g/mol. The molecule has 0 aliphatic heterocycles. The van der Waals surface area contributed by atoms with Crippen LogP contribution >= 0.6 is 0 Å². The van der Waals surface area contributed by atoms with E-state index in [-0.39, 0.29) is 12.5 Å². The largest absolute Gasteiger partial charge is 0.394 e. The molecule has 0 aliphatic rings. The smallest absolute Gasteiger partial charge is 0.220 e. The molecule has 0 rings (SSSR count). The van der Waals surface area contributed by atoms with Crippen molar-refractivity contribution in [3.05, 3.63) is 36.5 Å². The number of unbranched alkanes of at least 4 members (excludes halogenated alkanes) is 46. The molecule has 0 bridgehead atoms. The summed E-state index contributed by atoms with van der Waals surface area (Å²) >= 11 is 0. The second-order valence-corrected chi connectivity index (χ2v) is 21.1. The fraction of sp³-hybridized carbons (Fsp3) is 0.889. The maximum atomic E-state index is 12.5. The number of nitrogens with one attached hydrogen (secondary N) is 1. The van der Waals surface area contributed by atoms with Crippen LogP contribution in [0.3, 0.4) is 0 Å². The molecule has 4 heteroatoms. The number of amides is 1. The number of carbonyl (C=O) groups is 1. The van der Waals surface area contributed by atoms with Gasteiger partial charge in [-0.1, -0.05) is 320 Å². The van der Waals surface area contributed by atoms with Gasteiger partial charge in [-0.25, -0.2) is 0 Å². The summed E-state index contributed by atoms with van der Waals surface area (Å²) in [7, 11) is 0. The fourth-order valence-electron chi connectivity index (χ4n) is 9.68. The average Bonchev–Trinajstić information content (AvgIpc) is 3.33. The molecule has 2 atom stereocenters. The minimum absolute atomic E-state index is 0.0574. The summed E-state index contributed by atoms with van der Waals surface area (Å²) in [4.78, 5) is 12.5. The monoisotopic (exact) mass is 940 g/mol. The van der Waals surface area contributed by atoms with Crippen molar-refractivity contribution in [2.24, 2.45) is 0 Å². The number of aliphatic hydroxyl groups excluding tert-OH is 2. The van der Waals surface area contributed by atoms with Crippen LogP contribution in [0.15, 0.2) is 36.5 Å². The predicted molar refractivity (Wildman–Crippen MR) is 299 cm³/mol. The SMILES string of the molecule is CCCCCCC/C=C\C/C=C\CCCCCCCCCCCCCCCCCCCCCC(=O)NC(CO)C(O)/C=C/CCCCCCCCCCCCCCCCCCCCCCCC. The highest BCUT2D eigenvalue weighted by atomic mass is 16.3. The summed E-state index contributed by atoms with van der Waals surface area (Å²) in [6.45, 7) is 4.34. The van der Waals surface area contributed by atoms with E-state index in [1.807, 2.05) is 6.08 Å². The van der Waals surface area contributed by atoms with E-state index < -0.39 is 12.1 Å². The molecule has 2 unspecified atom stereocenters. The van der Waals surface area contributed by atoms with Crippen LogP contribution in [-0.2, 0) is 4.79 Å². The second-order valence-electron chi connectivity index (χ2n) is 21.1. The Kier molecular flexibility index (Phi) is 57.7. The van der Waals surface area contributed by atoms with Gasteiger partial charge in [-0.15, -0.1) is 0 Å². The molecule has 0 aliphatic carbocycles. The molecule has 0 heterocycles. The van der Waals surface area contributed by atoms with Gasteiger partial charge in [-0.2, -0.15) is 0 Å². The first-order valence-electron chi connectivity index (χ1n) is 30.7. The molecule has 0 aromatic rings. The molecule has 3 N–H and O–H groups in total. The van der Waals surface area contributed by atoms with Crippen molar-refractivity contribution in [1.29, 1.82) is 0 Å². The minimum atomic E-state index is -0.839. The van der Waals surface area contributed by atoms with E-state index in [9.17, 15) is 15.0 Å². The van der Waals surface area contributed by atoms with Crippen LogP contribution in [0.1, 0.15) is 341 Å². The number of carbonyl (C=O) groups excluding carboxylic acids is 1. The van der Waals surface area contributed by atoms with Crippen LogP contribution in [0.4, 0.5) is 0 Å². The zero-order chi connectivity index (χ0) is 48.5. The lowest BCUT2D eigenvalue weighted by Crippen LogP contribution is -2.45. The maximum absolute atomic E-state index is 12.5. The first-order valence-corrected chi connectivity index (χ1v) is 30.7. The van der Waals surface area contributed by atoms with Gasteiger partial charge in [0.25, 0.3) is 0 Å². The fourth-order valence-corrected chi connectivity index (χ4v) is 9.68. The molecule has 0 aromatic carbocycles. The van der Waals surface area contributed by atoms with Crippen LogP contribution in [0, 0.1) is 0 Å². The first kappa shape index (κ1) is 65.6. The Morgan fingerprint density at radius 2 is 0.612 bits per heavy atom. The maximum Gasteiger partial charge on any atom is 0.220 e. The van der Waals surface area contributed by atoms with E-state index in [4.69, 9.17) is 0 Å². The third kappa shape index (κ3) is 55.4. The van der Waals surface area contributed by atoms with E-state index in [1.54, 1.807) is 6.08 Å². The van der Waals surface area contributed by atoms with Gasteiger partial charge in [0, 0.05) is 6.42 Å². The lowest BCUT2D eigenvalue weighted by atomic mass is 10.0. The van der Waals surface area contributed by atoms with Crippen molar-refractivity contribution in [1.82, 2.24) is 5.32 Å². The Hall–Kier alpha value is -1.39. The van der Waals surface area contributed by atoms with Crippen LogP contribution < -0.4 is 5.32 Å². The van der Waals surface area contributed by atoms with Gasteiger partial charge in [0.1, 0.15) is 0 Å². The topological polar surface area (TPSA) is 69.6 Å². The lowest BCUT2D eigenvalue weighted by Gasteiger charge is -2.20. The van der Waals surface area contributed by atoms with Gasteiger partial charge in [-0.3, -0.25) is 4.79 Å². The van der Waals surface area contributed by atoms with Crippen molar-refractivity contribution < 1.29 is 15.0 Å². The van der Waals surface area contributed by atoms with E-state index in [2.05, 4.69) is 43.5 Å². The Labute approximate surface area is 421 Å². The molecule has 0 radical (unpaired) electrons. The van der Waals surface area contributed by atoms with Gasteiger partial charge in [0.05, 0.1) is 18.8 Å². The molecule has 396 valence electrons. The molecule has 0 saturated heterocycles. The van der Waals surface area contributed by atoms with Crippen molar-refractivity contribution in [2.45, 2.75) is 353 Å². The molecule has 4 nitrogen and oxygen atoms in total. The molecule has 67 heavy (non-hydrogen) atoms. The van der Waals surface area contributed by atoms with E-state index in [0.29, 0.717) is 6.42 Å². The Bertz CT molecular complexity index is 1020. The van der Waals surface area contributed by atoms with Crippen molar-refractivity contribution in [2.75, 3.05) is 6.61 Å². The summed E-state index contributed by atoms with van der Waals surface area (Å²) in [5.74, 6) is -0.0574. The highest BCUT2D eigenvalue weighted by Crippen LogP contribution is 2.18. The number of hydrogen-bond acceptors (Lipinski definition) is 3. The van der Waals surface area contributed by atoms with Crippen LogP contribution in [0.25, 0.3) is 0 Å². The molecular weight excluding hydrogens is 819 g/mol. The number of allylic oxidation sites excluding steroid dienone is 5. The minimum Gasteiger partial charge on any atom is -0.394 e. The Morgan fingerprint density at radius 3 is 0.896 bits per heavy atom. The normalized spacial score (nSPS) is 13.0. The third-order valence-corrected chi connectivity index (χ3v) is 14.4. The number of rotatable bonds is 57. The standard InChI is InChI=1S/C63H121NO3/c1-3-5-7-9-11-13-15-17-19-21-23-25-27-29-30-31-32-33-34-35-37-39-41-43-45-47-49-51-53-55-57-59-63(67)64-61(60-65)62(66)58-56-54-52-50-48-46-44-42-40-38-36-28-26-24-22-20-18-16-14-12-10-8-6-4-2/h15,17,21,23,56,58,61-62,65-66H,3-14,16,18-20,22,24-55,57,59-60H2,1-2H3,(H,64,67)/b17-15-,23-21-,58-56+. The lowest BCUT2D eigenvalue weighted by molar-refractivity contribution is -0.123. The van der Waals surface area contributed by atoms with E-state index in [1.165, 1.54) is 289 Å². The summed E-state index contributed by atoms with van der Waals surface area (Å²) in [6, 6.07) is -0.622. The third-order valence-electron chi connectivity index (χ3n) is 14.4. The number of aliphatic hydroxyl groups is 2. The predicted octanol–water partition coefficient (Wildman–Crippen LogP) is 20.4. The van der Waals surface area contributed by atoms with Crippen molar-refractivity contribution >= 4 is 5.91 Å². The highest BCUT2D eigenvalue weighted by Gasteiger charge is 2.18. The van der Waals surface area contributed by atoms with Gasteiger partial charge >= 0.3 is 0 Å². The van der Waals surface area contributed by atoms with Crippen molar-refractivity contribution in [3.8, 4) is 0 Å². The first-order chi connectivity index (χ1) is 33.2. The van der Waals surface area contributed by atoms with E-state index in [0.717, 1.165) is 32.1 Å². The zero-order valence-electron chi connectivity index (χ0n) is 45.7. The summed E-state index contributed by atoms with van der Waals surface area (Å²) < 4.78 is 0. The van der Waals surface area contributed by atoms with Crippen molar-refractivity contribution in [3.63, 3.8) is 0 Å². The summed E-state index contributed by atoms with van der Waals surface area (Å²) in [5.41, 5.74) is 0. The van der Waals surface area contributed by atoms with Crippen LogP contribution in [0.2, 0.25) is 0 Å². The quantitative estimate of drug-likeness (QED) is 0.0420. The number of hydrogen-bond donors (Lipinski definition) is 3. The Balaban J connectivity index is 3.45. The molecular formula is C63H121NO3. The Morgan fingerprint density at radius 1 is 0.358 bits per heavy atom.